The van der Waals surface area contributed by atoms with Crippen molar-refractivity contribution in [3.8, 4) is 0 Å². The molecule has 0 saturated heterocycles. The first-order valence-corrected chi connectivity index (χ1v) is 8.47. The number of aryl methyl sites for hydroxylation is 2. The lowest BCUT2D eigenvalue weighted by molar-refractivity contribution is -0.115. The number of carbonyl (C=O) groups is 2. The van der Waals surface area contributed by atoms with Crippen LogP contribution < -0.4 is 16.0 Å². The molecule has 3 N–H and O–H groups in total. The summed E-state index contributed by atoms with van der Waals surface area (Å²) in [6.45, 7) is 3.56. The molecular weight excluding hydrogens is 389 g/mol. The normalized spacial score (nSPS) is 10.2. The lowest BCUT2D eigenvalue weighted by Gasteiger charge is -2.10. The van der Waals surface area contributed by atoms with Gasteiger partial charge in [0.1, 0.15) is 5.82 Å². The molecule has 0 aliphatic rings. The van der Waals surface area contributed by atoms with E-state index in [1.54, 1.807) is 25.1 Å². The van der Waals surface area contributed by atoms with E-state index in [4.69, 9.17) is 0 Å². The number of rotatable bonds is 5. The zero-order valence-electron chi connectivity index (χ0n) is 14.0. The summed E-state index contributed by atoms with van der Waals surface area (Å²) in [6.07, 6.45) is 0. The Kier molecular flexibility index (Phi) is 6.52. The Labute approximate surface area is 154 Å². The first-order chi connectivity index (χ1) is 11.8. The van der Waals surface area contributed by atoms with E-state index < -0.39 is 6.03 Å². The van der Waals surface area contributed by atoms with Crippen LogP contribution in [-0.2, 0) is 11.3 Å². The maximum atomic E-state index is 13.4. The Morgan fingerprint density at radius 2 is 1.80 bits per heavy atom. The Balaban J connectivity index is 1.77. The number of urea groups is 1. The summed E-state index contributed by atoms with van der Waals surface area (Å²) >= 11 is 3.36. The maximum Gasteiger partial charge on any atom is 0.315 e. The number of amides is 3. The lowest BCUT2D eigenvalue weighted by atomic mass is 10.1. The summed E-state index contributed by atoms with van der Waals surface area (Å²) in [7, 11) is 0. The minimum atomic E-state index is -0.497. The minimum Gasteiger partial charge on any atom is -0.334 e. The van der Waals surface area contributed by atoms with Crippen LogP contribution in [0.5, 0.6) is 0 Å². The lowest BCUT2D eigenvalue weighted by Crippen LogP contribution is -2.39. The second-order valence-electron chi connectivity index (χ2n) is 5.63. The quantitative estimate of drug-likeness (QED) is 0.707. The fraction of sp³-hybridized carbons (Fsp3) is 0.222. The van der Waals surface area contributed by atoms with Gasteiger partial charge in [0.25, 0.3) is 0 Å². The van der Waals surface area contributed by atoms with Crippen LogP contribution in [0.3, 0.4) is 0 Å². The van der Waals surface area contributed by atoms with Crippen LogP contribution in [0.15, 0.2) is 40.9 Å². The zero-order valence-corrected chi connectivity index (χ0v) is 15.5. The predicted octanol–water partition coefficient (Wildman–Crippen LogP) is 3.64. The summed E-state index contributed by atoms with van der Waals surface area (Å²) < 4.78 is 14.4. The van der Waals surface area contributed by atoms with Crippen LogP contribution in [0, 0.1) is 19.7 Å². The number of halogens is 2. The molecule has 0 unspecified atom stereocenters. The third kappa shape index (κ3) is 5.86. The van der Waals surface area contributed by atoms with Gasteiger partial charge in [-0.05, 0) is 54.8 Å². The first kappa shape index (κ1) is 18.9. The summed E-state index contributed by atoms with van der Waals surface area (Å²) in [6, 6.07) is 9.76. The van der Waals surface area contributed by atoms with Crippen molar-refractivity contribution in [1.82, 2.24) is 10.6 Å². The highest BCUT2D eigenvalue weighted by atomic mass is 79.9. The summed E-state index contributed by atoms with van der Waals surface area (Å²) in [4.78, 5) is 23.6. The Morgan fingerprint density at radius 1 is 1.04 bits per heavy atom. The number of anilines is 1. The minimum absolute atomic E-state index is 0.163. The van der Waals surface area contributed by atoms with E-state index in [0.717, 1.165) is 10.0 Å². The Morgan fingerprint density at radius 3 is 2.48 bits per heavy atom. The second kappa shape index (κ2) is 8.62. The smallest absolute Gasteiger partial charge is 0.315 e. The van der Waals surface area contributed by atoms with Gasteiger partial charge in [-0.25, -0.2) is 9.18 Å². The summed E-state index contributed by atoms with van der Waals surface area (Å²) in [5.41, 5.74) is 2.79. The molecule has 0 aromatic heterocycles. The standard InChI is InChI=1S/C18H19BrFN3O2/c1-11-3-4-13(8-15(11)20)9-21-18(25)22-10-17(24)23-16-6-5-14(19)7-12(16)2/h3-8H,9-10H2,1-2H3,(H,23,24)(H2,21,22,25). The highest BCUT2D eigenvalue weighted by Gasteiger charge is 2.08. The fourth-order valence-corrected chi connectivity index (χ4v) is 2.59. The highest BCUT2D eigenvalue weighted by Crippen LogP contribution is 2.19. The number of carbonyl (C=O) groups excluding carboxylic acids is 2. The average Bonchev–Trinajstić information content (AvgIpc) is 2.56. The van der Waals surface area contributed by atoms with Crippen molar-refractivity contribution < 1.29 is 14.0 Å². The van der Waals surface area contributed by atoms with Gasteiger partial charge in [-0.2, -0.15) is 0 Å². The van der Waals surface area contributed by atoms with Gasteiger partial charge in [0.05, 0.1) is 6.54 Å². The number of benzene rings is 2. The van der Waals surface area contributed by atoms with E-state index in [1.165, 1.54) is 6.07 Å². The first-order valence-electron chi connectivity index (χ1n) is 7.68. The molecule has 5 nitrogen and oxygen atoms in total. The van der Waals surface area contributed by atoms with Crippen LogP contribution in [0.4, 0.5) is 14.9 Å². The van der Waals surface area contributed by atoms with Gasteiger partial charge in [-0.1, -0.05) is 28.1 Å². The van der Waals surface area contributed by atoms with E-state index in [9.17, 15) is 14.0 Å². The van der Waals surface area contributed by atoms with E-state index in [1.807, 2.05) is 19.1 Å². The molecular formula is C18H19BrFN3O2. The number of hydrogen-bond donors (Lipinski definition) is 3. The van der Waals surface area contributed by atoms with Crippen molar-refractivity contribution in [2.45, 2.75) is 20.4 Å². The third-order valence-corrected chi connectivity index (χ3v) is 4.05. The Bertz CT molecular complexity index is 796. The van der Waals surface area contributed by atoms with Crippen LogP contribution in [-0.4, -0.2) is 18.5 Å². The summed E-state index contributed by atoms with van der Waals surface area (Å²) in [5.74, 6) is -0.647. The van der Waals surface area contributed by atoms with Crippen LogP contribution in [0.25, 0.3) is 0 Å². The molecule has 7 heteroatoms. The molecule has 132 valence electrons. The molecule has 2 rings (SSSR count). The van der Waals surface area contributed by atoms with Crippen molar-refractivity contribution in [2.75, 3.05) is 11.9 Å². The van der Waals surface area contributed by atoms with Crippen molar-refractivity contribution in [1.29, 1.82) is 0 Å². The van der Waals surface area contributed by atoms with Crippen molar-refractivity contribution >= 4 is 33.6 Å². The molecule has 2 aromatic rings. The van der Waals surface area contributed by atoms with Gasteiger partial charge in [-0.15, -0.1) is 0 Å². The van der Waals surface area contributed by atoms with E-state index in [2.05, 4.69) is 31.9 Å². The zero-order chi connectivity index (χ0) is 18.4. The molecule has 0 aliphatic carbocycles. The third-order valence-electron chi connectivity index (χ3n) is 3.56. The predicted molar refractivity (Wildman–Crippen MR) is 98.9 cm³/mol. The van der Waals surface area contributed by atoms with Gasteiger partial charge in [0.2, 0.25) is 5.91 Å². The molecule has 0 atom stereocenters. The number of hydrogen-bond acceptors (Lipinski definition) is 2. The maximum absolute atomic E-state index is 13.4. The van der Waals surface area contributed by atoms with E-state index >= 15 is 0 Å². The van der Waals surface area contributed by atoms with Gasteiger partial charge >= 0.3 is 6.03 Å². The molecule has 0 spiro atoms. The van der Waals surface area contributed by atoms with Crippen molar-refractivity contribution in [3.63, 3.8) is 0 Å². The number of nitrogens with one attached hydrogen (secondary N) is 3. The van der Waals surface area contributed by atoms with Crippen LogP contribution in [0.1, 0.15) is 16.7 Å². The molecule has 0 fully saturated rings. The molecule has 2 aromatic carbocycles. The monoisotopic (exact) mass is 407 g/mol. The molecule has 0 heterocycles. The van der Waals surface area contributed by atoms with Crippen LogP contribution in [0.2, 0.25) is 0 Å². The molecule has 0 bridgehead atoms. The van der Waals surface area contributed by atoms with Gasteiger partial charge in [0, 0.05) is 16.7 Å². The van der Waals surface area contributed by atoms with Gasteiger partial charge in [0.15, 0.2) is 0 Å². The van der Waals surface area contributed by atoms with E-state index in [0.29, 0.717) is 16.8 Å². The topological polar surface area (TPSA) is 70.2 Å². The van der Waals surface area contributed by atoms with Gasteiger partial charge < -0.3 is 16.0 Å². The largest absolute Gasteiger partial charge is 0.334 e. The van der Waals surface area contributed by atoms with E-state index in [-0.39, 0.29) is 24.8 Å². The Hall–Kier alpha value is -2.41. The molecule has 3 amide bonds. The molecule has 0 saturated carbocycles. The molecule has 0 aliphatic heterocycles. The summed E-state index contributed by atoms with van der Waals surface area (Å²) in [5, 5.41) is 7.77. The highest BCUT2D eigenvalue weighted by molar-refractivity contribution is 9.10. The van der Waals surface area contributed by atoms with Crippen LogP contribution >= 0.6 is 15.9 Å². The van der Waals surface area contributed by atoms with Crippen molar-refractivity contribution in [3.05, 3.63) is 63.4 Å². The SMILES string of the molecule is Cc1ccc(CNC(=O)NCC(=O)Nc2ccc(Br)cc2C)cc1F. The van der Waals surface area contributed by atoms with Gasteiger partial charge in [-0.3, -0.25) is 4.79 Å². The molecule has 0 radical (unpaired) electrons. The second-order valence-corrected chi connectivity index (χ2v) is 6.54. The van der Waals surface area contributed by atoms with Crippen molar-refractivity contribution in [2.24, 2.45) is 0 Å². The molecule has 25 heavy (non-hydrogen) atoms. The average molecular weight is 408 g/mol. The fourth-order valence-electron chi connectivity index (χ4n) is 2.11.